The van der Waals surface area contributed by atoms with Crippen molar-refractivity contribution in [2.24, 2.45) is 0 Å². The molecule has 0 aromatic heterocycles. The summed E-state index contributed by atoms with van der Waals surface area (Å²) in [5, 5.41) is 18.2. The molecule has 0 unspecified atom stereocenters. The summed E-state index contributed by atoms with van der Waals surface area (Å²) in [5.41, 5.74) is 1.87. The smallest absolute Gasteiger partial charge is 0.162 e. The van der Waals surface area contributed by atoms with Crippen LogP contribution in [0, 0.1) is 22.7 Å². The molecule has 0 fully saturated rings. The molecule has 0 saturated heterocycles. The zero-order valence-corrected chi connectivity index (χ0v) is 10.6. The van der Waals surface area contributed by atoms with Crippen molar-refractivity contribution in [2.45, 2.75) is 13.3 Å². The van der Waals surface area contributed by atoms with Gasteiger partial charge in [-0.05, 0) is 36.2 Å². The molecule has 3 nitrogen and oxygen atoms in total. The van der Waals surface area contributed by atoms with Crippen LogP contribution in [0.15, 0.2) is 42.5 Å². The maximum absolute atomic E-state index is 9.08. The van der Waals surface area contributed by atoms with Crippen molar-refractivity contribution >= 4 is 0 Å². The van der Waals surface area contributed by atoms with Gasteiger partial charge in [-0.15, -0.1) is 0 Å². The first-order valence-corrected chi connectivity index (χ1v) is 5.98. The quantitative estimate of drug-likeness (QED) is 0.830. The third kappa shape index (κ3) is 2.73. The van der Waals surface area contributed by atoms with Gasteiger partial charge in [-0.3, -0.25) is 0 Å². The molecule has 0 radical (unpaired) electrons. The van der Waals surface area contributed by atoms with Gasteiger partial charge in [0.05, 0.1) is 11.1 Å². The van der Waals surface area contributed by atoms with E-state index in [2.05, 4.69) is 6.92 Å². The number of para-hydroxylation sites is 1. The molecule has 0 atom stereocenters. The number of rotatable bonds is 3. The van der Waals surface area contributed by atoms with E-state index in [-0.39, 0.29) is 0 Å². The zero-order chi connectivity index (χ0) is 13.7. The Bertz CT molecular complexity index is 646. The number of hydrogen-bond donors (Lipinski definition) is 0. The van der Waals surface area contributed by atoms with Crippen LogP contribution in [0.5, 0.6) is 11.5 Å². The molecule has 0 spiro atoms. The zero-order valence-electron chi connectivity index (χ0n) is 10.6. The van der Waals surface area contributed by atoms with Gasteiger partial charge in [-0.2, -0.15) is 10.5 Å². The van der Waals surface area contributed by atoms with Gasteiger partial charge in [-0.1, -0.05) is 25.1 Å². The fourth-order valence-electron chi connectivity index (χ4n) is 1.77. The lowest BCUT2D eigenvalue weighted by Gasteiger charge is -2.09. The van der Waals surface area contributed by atoms with Gasteiger partial charge in [0, 0.05) is 0 Å². The maximum atomic E-state index is 9.08. The Morgan fingerprint density at radius 1 is 1.00 bits per heavy atom. The number of hydrogen-bond acceptors (Lipinski definition) is 3. The summed E-state index contributed by atoms with van der Waals surface area (Å²) in [5.74, 6) is 0.958. The number of nitrogens with zero attached hydrogens (tertiary/aromatic N) is 2. The molecule has 2 rings (SSSR count). The fraction of sp³-hybridized carbons (Fsp3) is 0.125. The Hall–Kier alpha value is -2.78. The number of benzene rings is 2. The van der Waals surface area contributed by atoms with Gasteiger partial charge in [-0.25, -0.2) is 0 Å². The molecule has 3 heteroatoms. The third-order valence-corrected chi connectivity index (χ3v) is 2.78. The van der Waals surface area contributed by atoms with Crippen LogP contribution in [0.25, 0.3) is 0 Å². The van der Waals surface area contributed by atoms with Crippen LogP contribution in [0.4, 0.5) is 0 Å². The molecule has 0 aliphatic carbocycles. The predicted octanol–water partition coefficient (Wildman–Crippen LogP) is 3.78. The van der Waals surface area contributed by atoms with Crippen molar-refractivity contribution in [1.82, 2.24) is 0 Å². The number of aryl methyl sites for hydroxylation is 1. The lowest BCUT2D eigenvalue weighted by molar-refractivity contribution is 0.479. The standard InChI is InChI=1S/C16H12N2O/c1-2-12-5-3-8-15(9-12)19-16-13(10-17)6-4-7-14(16)11-18/h3-9H,2H2,1H3. The average molecular weight is 248 g/mol. The molecule has 0 aliphatic rings. The van der Waals surface area contributed by atoms with Crippen LogP contribution in [0.2, 0.25) is 0 Å². The second-order valence-corrected chi connectivity index (χ2v) is 4.01. The number of ether oxygens (including phenoxy) is 1. The summed E-state index contributed by atoms with van der Waals surface area (Å²) >= 11 is 0. The Kier molecular flexibility index (Phi) is 3.81. The Morgan fingerprint density at radius 3 is 2.21 bits per heavy atom. The van der Waals surface area contributed by atoms with Gasteiger partial charge < -0.3 is 4.74 Å². The summed E-state index contributed by atoms with van der Waals surface area (Å²) < 4.78 is 5.72. The Labute approximate surface area is 112 Å². The summed E-state index contributed by atoms with van der Waals surface area (Å²) in [6.45, 7) is 2.06. The SMILES string of the molecule is CCc1cccc(Oc2c(C#N)cccc2C#N)c1. The first kappa shape index (κ1) is 12.7. The molecule has 0 N–H and O–H groups in total. The van der Waals surface area contributed by atoms with Crippen LogP contribution in [-0.4, -0.2) is 0 Å². The molecule has 0 heterocycles. The van der Waals surface area contributed by atoms with Crippen molar-refractivity contribution in [2.75, 3.05) is 0 Å². The lowest BCUT2D eigenvalue weighted by atomic mass is 10.1. The predicted molar refractivity (Wildman–Crippen MR) is 71.8 cm³/mol. The normalized spacial score (nSPS) is 9.42. The van der Waals surface area contributed by atoms with Crippen LogP contribution in [0.1, 0.15) is 23.6 Å². The molecule has 2 aromatic rings. The van der Waals surface area contributed by atoms with Gasteiger partial charge in [0.1, 0.15) is 17.9 Å². The molecule has 0 bridgehead atoms. The number of nitriles is 2. The minimum absolute atomic E-state index is 0.320. The van der Waals surface area contributed by atoms with Crippen molar-refractivity contribution in [1.29, 1.82) is 10.5 Å². The van der Waals surface area contributed by atoms with Crippen molar-refractivity contribution in [3.63, 3.8) is 0 Å². The van der Waals surface area contributed by atoms with E-state index in [9.17, 15) is 0 Å². The molecular weight excluding hydrogens is 236 g/mol. The average Bonchev–Trinajstić information content (AvgIpc) is 2.47. The van der Waals surface area contributed by atoms with Gasteiger partial charge in [0.2, 0.25) is 0 Å². The summed E-state index contributed by atoms with van der Waals surface area (Å²) in [7, 11) is 0. The van der Waals surface area contributed by atoms with Gasteiger partial charge >= 0.3 is 0 Å². The summed E-state index contributed by atoms with van der Waals surface area (Å²) in [6.07, 6.45) is 0.905. The highest BCUT2D eigenvalue weighted by atomic mass is 16.5. The highest BCUT2D eigenvalue weighted by molar-refractivity contribution is 5.55. The first-order valence-electron chi connectivity index (χ1n) is 5.98. The van der Waals surface area contributed by atoms with Crippen LogP contribution in [0.3, 0.4) is 0 Å². The van der Waals surface area contributed by atoms with E-state index in [4.69, 9.17) is 15.3 Å². The minimum Gasteiger partial charge on any atom is -0.455 e. The molecule has 0 aliphatic heterocycles. The maximum Gasteiger partial charge on any atom is 0.162 e. The van der Waals surface area contributed by atoms with E-state index >= 15 is 0 Å². The lowest BCUT2D eigenvalue weighted by Crippen LogP contribution is -1.93. The van der Waals surface area contributed by atoms with E-state index in [1.807, 2.05) is 36.4 Å². The second kappa shape index (κ2) is 5.71. The monoisotopic (exact) mass is 248 g/mol. The first-order chi connectivity index (χ1) is 9.28. The highest BCUT2D eigenvalue weighted by Crippen LogP contribution is 2.29. The summed E-state index contributed by atoms with van der Waals surface area (Å²) in [4.78, 5) is 0. The molecule has 0 amide bonds. The molecule has 0 saturated carbocycles. The minimum atomic E-state index is 0.320. The third-order valence-electron chi connectivity index (χ3n) is 2.78. The molecule has 2 aromatic carbocycles. The topological polar surface area (TPSA) is 56.8 Å². The van der Waals surface area contributed by atoms with Crippen LogP contribution in [-0.2, 0) is 6.42 Å². The van der Waals surface area contributed by atoms with Gasteiger partial charge in [0.15, 0.2) is 5.75 Å². The largest absolute Gasteiger partial charge is 0.455 e. The Morgan fingerprint density at radius 2 is 1.63 bits per heavy atom. The molecule has 19 heavy (non-hydrogen) atoms. The van der Waals surface area contributed by atoms with Crippen molar-refractivity contribution in [3.8, 4) is 23.6 Å². The van der Waals surface area contributed by atoms with Gasteiger partial charge in [0.25, 0.3) is 0 Å². The highest BCUT2D eigenvalue weighted by Gasteiger charge is 2.10. The van der Waals surface area contributed by atoms with E-state index in [1.54, 1.807) is 18.2 Å². The van der Waals surface area contributed by atoms with E-state index in [0.717, 1.165) is 12.0 Å². The summed E-state index contributed by atoms with van der Waals surface area (Å²) in [6, 6.07) is 16.7. The molecular formula is C16H12N2O. The van der Waals surface area contributed by atoms with Crippen molar-refractivity contribution in [3.05, 3.63) is 59.2 Å². The van der Waals surface area contributed by atoms with E-state index < -0.39 is 0 Å². The van der Waals surface area contributed by atoms with E-state index in [1.165, 1.54) is 0 Å². The fourth-order valence-corrected chi connectivity index (χ4v) is 1.77. The molecule has 92 valence electrons. The Balaban J connectivity index is 2.43. The second-order valence-electron chi connectivity index (χ2n) is 4.01. The van der Waals surface area contributed by atoms with Crippen LogP contribution < -0.4 is 4.74 Å². The van der Waals surface area contributed by atoms with E-state index in [0.29, 0.717) is 22.6 Å². The van der Waals surface area contributed by atoms with Crippen LogP contribution >= 0.6 is 0 Å². The van der Waals surface area contributed by atoms with Crippen molar-refractivity contribution < 1.29 is 4.74 Å².